The molecule has 28 heavy (non-hydrogen) atoms. The van der Waals surface area contributed by atoms with Crippen molar-refractivity contribution in [2.45, 2.75) is 19.3 Å². The number of carboxylic acid groups (broad SMARTS) is 1. The first-order valence-corrected chi connectivity index (χ1v) is 8.90. The Morgan fingerprint density at radius 2 is 1.82 bits per heavy atom. The van der Waals surface area contributed by atoms with E-state index in [1.807, 2.05) is 0 Å². The van der Waals surface area contributed by atoms with E-state index in [9.17, 15) is 19.5 Å². The van der Waals surface area contributed by atoms with Crippen LogP contribution in [0.5, 0.6) is 0 Å². The predicted octanol–water partition coefficient (Wildman–Crippen LogP) is 4.02. The molecular formula is C21H17ClO6. The fourth-order valence-corrected chi connectivity index (χ4v) is 2.95. The van der Waals surface area contributed by atoms with Gasteiger partial charge in [0.05, 0.1) is 12.0 Å². The molecule has 144 valence electrons. The van der Waals surface area contributed by atoms with Gasteiger partial charge in [0, 0.05) is 16.7 Å². The molecule has 0 amide bonds. The molecule has 0 radical (unpaired) electrons. The molecule has 0 aliphatic heterocycles. The molecule has 1 N–H and O–H groups in total. The number of carboxylic acids is 1. The number of hydrogen-bond acceptors (Lipinski definition) is 5. The minimum atomic E-state index is -1.94. The predicted molar refractivity (Wildman–Crippen MR) is 105 cm³/mol. The molecule has 6 nitrogen and oxygen atoms in total. The van der Waals surface area contributed by atoms with Crippen LogP contribution >= 0.6 is 11.6 Å². The van der Waals surface area contributed by atoms with E-state index in [1.165, 1.54) is 31.2 Å². The molecular weight excluding hydrogens is 384 g/mol. The average Bonchev–Trinajstić information content (AvgIpc) is 2.67. The van der Waals surface area contributed by atoms with Crippen molar-refractivity contribution >= 4 is 34.5 Å². The second-order valence-corrected chi connectivity index (χ2v) is 6.78. The molecule has 1 heterocycles. The lowest BCUT2D eigenvalue weighted by atomic mass is 9.82. The number of benzene rings is 2. The van der Waals surface area contributed by atoms with Gasteiger partial charge in [0.1, 0.15) is 11.3 Å². The number of fused-ring (bicyclic) bond motifs is 1. The Balaban J connectivity index is 2.14. The maximum atomic E-state index is 12.6. The molecule has 0 saturated heterocycles. The Morgan fingerprint density at radius 1 is 1.14 bits per heavy atom. The van der Waals surface area contributed by atoms with Crippen LogP contribution in [0, 0.1) is 0 Å². The van der Waals surface area contributed by atoms with Crippen LogP contribution in [0.4, 0.5) is 0 Å². The summed E-state index contributed by atoms with van der Waals surface area (Å²) in [5.41, 5.74) is -1.21. The van der Waals surface area contributed by atoms with Crippen molar-refractivity contribution in [3.8, 4) is 11.3 Å². The zero-order chi connectivity index (χ0) is 20.5. The van der Waals surface area contributed by atoms with E-state index in [0.29, 0.717) is 16.3 Å². The third-order valence-electron chi connectivity index (χ3n) is 4.54. The fourth-order valence-electron chi connectivity index (χ4n) is 2.83. The normalized spacial score (nSPS) is 13.1. The van der Waals surface area contributed by atoms with E-state index < -0.39 is 17.4 Å². The summed E-state index contributed by atoms with van der Waals surface area (Å²) >= 11 is 5.88. The number of rotatable bonds is 5. The summed E-state index contributed by atoms with van der Waals surface area (Å²) in [6, 6.07) is 12.4. The van der Waals surface area contributed by atoms with Crippen molar-refractivity contribution in [3.63, 3.8) is 0 Å². The second-order valence-electron chi connectivity index (χ2n) is 6.34. The summed E-state index contributed by atoms with van der Waals surface area (Å²) in [5.74, 6) is -1.91. The summed E-state index contributed by atoms with van der Waals surface area (Å²) < 4.78 is 10.7. The minimum absolute atomic E-state index is 0.0435. The summed E-state index contributed by atoms with van der Waals surface area (Å²) in [5, 5.41) is 10.4. The third-order valence-corrected chi connectivity index (χ3v) is 4.80. The van der Waals surface area contributed by atoms with Crippen LogP contribution in [0.25, 0.3) is 22.3 Å². The molecule has 0 spiro atoms. The Kier molecular flexibility index (Phi) is 5.25. The fraction of sp³-hybridized carbons (Fsp3) is 0.190. The molecule has 1 aromatic heterocycles. The lowest BCUT2D eigenvalue weighted by Crippen LogP contribution is -2.42. The Bertz CT molecular complexity index is 1120. The van der Waals surface area contributed by atoms with Gasteiger partial charge in [-0.25, -0.2) is 0 Å². The molecule has 3 aromatic rings. The van der Waals surface area contributed by atoms with Gasteiger partial charge in [0.2, 0.25) is 0 Å². The zero-order valence-corrected chi connectivity index (χ0v) is 15.9. The lowest BCUT2D eigenvalue weighted by molar-refractivity contribution is -0.160. The standard InChI is InChI=1S/C21H17ClO6/c1-3-27-20(26)21(2,19(24)25)13-6-9-17-15(10-13)16(23)11-18(28-17)12-4-7-14(22)8-5-12/h4-11H,3H2,1-2H3,(H,24,25). The zero-order valence-electron chi connectivity index (χ0n) is 15.2. The van der Waals surface area contributed by atoms with Crippen LogP contribution in [0.1, 0.15) is 19.4 Å². The molecule has 0 fully saturated rings. The number of halogens is 1. The van der Waals surface area contributed by atoms with Gasteiger partial charge in [-0.3, -0.25) is 14.4 Å². The molecule has 0 saturated carbocycles. The smallest absolute Gasteiger partial charge is 0.327 e. The SMILES string of the molecule is CCOC(=O)C(C)(C(=O)O)c1ccc2oc(-c3ccc(Cl)cc3)cc(=O)c2c1. The molecule has 1 unspecified atom stereocenters. The molecule has 2 aromatic carbocycles. The highest BCUT2D eigenvalue weighted by molar-refractivity contribution is 6.30. The van der Waals surface area contributed by atoms with Gasteiger partial charge >= 0.3 is 11.9 Å². The highest BCUT2D eigenvalue weighted by Gasteiger charge is 2.45. The van der Waals surface area contributed by atoms with E-state index in [4.69, 9.17) is 20.8 Å². The summed E-state index contributed by atoms with van der Waals surface area (Å²) in [4.78, 5) is 36.7. The topological polar surface area (TPSA) is 93.8 Å². The van der Waals surface area contributed by atoms with Gasteiger partial charge in [0.25, 0.3) is 0 Å². The number of esters is 1. The van der Waals surface area contributed by atoms with E-state index in [2.05, 4.69) is 0 Å². The van der Waals surface area contributed by atoms with Gasteiger partial charge in [-0.05, 0) is 55.8 Å². The molecule has 0 aliphatic carbocycles. The summed E-state index contributed by atoms with van der Waals surface area (Å²) in [6.07, 6.45) is 0. The number of carbonyl (C=O) groups excluding carboxylic acids is 1. The van der Waals surface area contributed by atoms with Crippen LogP contribution in [0.15, 0.2) is 57.7 Å². The molecule has 1 atom stereocenters. The highest BCUT2D eigenvalue weighted by Crippen LogP contribution is 2.30. The minimum Gasteiger partial charge on any atom is -0.480 e. The van der Waals surface area contributed by atoms with Crippen molar-refractivity contribution in [1.29, 1.82) is 0 Å². The van der Waals surface area contributed by atoms with Crippen LogP contribution in [-0.4, -0.2) is 23.7 Å². The lowest BCUT2D eigenvalue weighted by Gasteiger charge is -2.23. The van der Waals surface area contributed by atoms with Gasteiger partial charge in [-0.1, -0.05) is 17.7 Å². The van der Waals surface area contributed by atoms with Crippen molar-refractivity contribution in [3.05, 3.63) is 69.3 Å². The first kappa shape index (κ1) is 19.6. The van der Waals surface area contributed by atoms with Crippen molar-refractivity contribution in [2.24, 2.45) is 0 Å². The van der Waals surface area contributed by atoms with Gasteiger partial charge in [0.15, 0.2) is 10.8 Å². The van der Waals surface area contributed by atoms with Gasteiger partial charge in [-0.15, -0.1) is 0 Å². The summed E-state index contributed by atoms with van der Waals surface area (Å²) in [6.45, 7) is 2.88. The van der Waals surface area contributed by atoms with E-state index in [1.54, 1.807) is 31.2 Å². The maximum absolute atomic E-state index is 12.6. The monoisotopic (exact) mass is 400 g/mol. The maximum Gasteiger partial charge on any atom is 0.327 e. The van der Waals surface area contributed by atoms with Crippen molar-refractivity contribution in [2.75, 3.05) is 6.61 Å². The molecule has 0 bridgehead atoms. The number of aliphatic carboxylic acids is 1. The number of hydrogen-bond donors (Lipinski definition) is 1. The van der Waals surface area contributed by atoms with Crippen molar-refractivity contribution < 1.29 is 23.8 Å². The quantitative estimate of drug-likeness (QED) is 0.513. The first-order valence-electron chi connectivity index (χ1n) is 8.52. The highest BCUT2D eigenvalue weighted by atomic mass is 35.5. The summed E-state index contributed by atoms with van der Waals surface area (Å²) in [7, 11) is 0. The van der Waals surface area contributed by atoms with E-state index in [0.717, 1.165) is 0 Å². The average molecular weight is 401 g/mol. The second kappa shape index (κ2) is 7.48. The molecule has 3 rings (SSSR count). The van der Waals surface area contributed by atoms with Gasteiger partial charge < -0.3 is 14.3 Å². The first-order chi connectivity index (χ1) is 13.3. The van der Waals surface area contributed by atoms with Gasteiger partial charge in [-0.2, -0.15) is 0 Å². The van der Waals surface area contributed by atoms with Crippen LogP contribution in [0.3, 0.4) is 0 Å². The largest absolute Gasteiger partial charge is 0.480 e. The Hall–Kier alpha value is -3.12. The van der Waals surface area contributed by atoms with E-state index >= 15 is 0 Å². The third kappa shape index (κ3) is 3.39. The van der Waals surface area contributed by atoms with E-state index in [-0.39, 0.29) is 28.6 Å². The molecule has 0 aliphatic rings. The Morgan fingerprint density at radius 3 is 2.43 bits per heavy atom. The van der Waals surface area contributed by atoms with Crippen LogP contribution in [0.2, 0.25) is 5.02 Å². The van der Waals surface area contributed by atoms with Crippen LogP contribution in [-0.2, 0) is 19.7 Å². The Labute approximate surface area is 165 Å². The number of carbonyl (C=O) groups is 2. The number of ether oxygens (including phenoxy) is 1. The van der Waals surface area contributed by atoms with Crippen molar-refractivity contribution in [1.82, 2.24) is 0 Å². The molecule has 7 heteroatoms. The van der Waals surface area contributed by atoms with Crippen LogP contribution < -0.4 is 5.43 Å².